The summed E-state index contributed by atoms with van der Waals surface area (Å²) in [5, 5.41) is 11.9. The van der Waals surface area contributed by atoms with Gasteiger partial charge in [-0.15, -0.1) is 0 Å². The van der Waals surface area contributed by atoms with Crippen molar-refractivity contribution in [2.45, 2.75) is 26.7 Å². The Labute approximate surface area is 193 Å². The lowest BCUT2D eigenvalue weighted by Gasteiger charge is -2.33. The van der Waals surface area contributed by atoms with Gasteiger partial charge >= 0.3 is 6.01 Å². The first kappa shape index (κ1) is 21.3. The minimum Gasteiger partial charge on any atom is -0.424 e. The van der Waals surface area contributed by atoms with Crippen LogP contribution < -0.4 is 15.0 Å². The predicted molar refractivity (Wildman–Crippen MR) is 131 cm³/mol. The van der Waals surface area contributed by atoms with Gasteiger partial charge in [-0.25, -0.2) is 0 Å². The van der Waals surface area contributed by atoms with Crippen LogP contribution in [0.1, 0.15) is 24.7 Å². The highest BCUT2D eigenvalue weighted by molar-refractivity contribution is 5.81. The predicted octanol–water partition coefficient (Wildman–Crippen LogP) is 4.23. The molecule has 0 saturated carbocycles. The molecule has 1 saturated heterocycles. The number of piperazine rings is 1. The Morgan fingerprint density at radius 1 is 1.03 bits per heavy atom. The van der Waals surface area contributed by atoms with Crippen LogP contribution >= 0.6 is 0 Å². The van der Waals surface area contributed by atoms with Crippen molar-refractivity contribution in [3.8, 4) is 11.8 Å². The number of nitrogens with zero attached hydrogens (tertiary/aromatic N) is 5. The molecular formula is C24H30N8O. The van der Waals surface area contributed by atoms with E-state index in [1.807, 2.05) is 37.3 Å². The number of ether oxygens (including phenoxy) is 1. The second kappa shape index (κ2) is 9.11. The van der Waals surface area contributed by atoms with E-state index in [-0.39, 0.29) is 0 Å². The molecule has 0 aliphatic carbocycles. The van der Waals surface area contributed by atoms with E-state index in [4.69, 9.17) is 9.72 Å². The minimum atomic E-state index is 0.310. The summed E-state index contributed by atoms with van der Waals surface area (Å²) in [5.74, 6) is 2.94. The van der Waals surface area contributed by atoms with E-state index in [9.17, 15) is 0 Å². The zero-order chi connectivity index (χ0) is 22.8. The summed E-state index contributed by atoms with van der Waals surface area (Å²) in [7, 11) is 2.14. The van der Waals surface area contributed by atoms with E-state index in [0.29, 0.717) is 17.6 Å². The largest absolute Gasteiger partial charge is 0.424 e. The maximum absolute atomic E-state index is 6.13. The van der Waals surface area contributed by atoms with Crippen molar-refractivity contribution in [1.82, 2.24) is 30.0 Å². The van der Waals surface area contributed by atoms with Gasteiger partial charge in [0, 0.05) is 60.6 Å². The van der Waals surface area contributed by atoms with Gasteiger partial charge in [0.05, 0.1) is 0 Å². The molecule has 1 aromatic carbocycles. The van der Waals surface area contributed by atoms with Gasteiger partial charge in [-0.05, 0) is 44.7 Å². The molecule has 4 aromatic rings. The van der Waals surface area contributed by atoms with Gasteiger partial charge in [0.15, 0.2) is 5.82 Å². The number of anilines is 3. The quantitative estimate of drug-likeness (QED) is 0.391. The van der Waals surface area contributed by atoms with Crippen LogP contribution in [-0.4, -0.2) is 63.3 Å². The fourth-order valence-electron chi connectivity index (χ4n) is 4.10. The number of nitrogens with one attached hydrogen (secondary N) is 3. The third-order valence-corrected chi connectivity index (χ3v) is 5.86. The maximum atomic E-state index is 6.13. The molecule has 1 aliphatic rings. The minimum absolute atomic E-state index is 0.310. The first-order valence-electron chi connectivity index (χ1n) is 11.5. The van der Waals surface area contributed by atoms with Crippen LogP contribution in [0.15, 0.2) is 36.4 Å². The number of rotatable bonds is 7. The maximum Gasteiger partial charge on any atom is 0.325 e. The van der Waals surface area contributed by atoms with Gasteiger partial charge in [-0.2, -0.15) is 15.1 Å². The summed E-state index contributed by atoms with van der Waals surface area (Å²) in [6.07, 6.45) is 2.02. The van der Waals surface area contributed by atoms with E-state index in [2.05, 4.69) is 55.3 Å². The molecule has 0 unspecified atom stereocenters. The molecular weight excluding hydrogens is 416 g/mol. The normalized spacial score (nSPS) is 14.7. The Hall–Kier alpha value is -3.59. The second-order valence-electron chi connectivity index (χ2n) is 8.64. The highest BCUT2D eigenvalue weighted by Gasteiger charge is 2.18. The average molecular weight is 447 g/mol. The van der Waals surface area contributed by atoms with Crippen molar-refractivity contribution in [1.29, 1.82) is 0 Å². The molecule has 9 heteroatoms. The first-order valence-corrected chi connectivity index (χ1v) is 11.5. The van der Waals surface area contributed by atoms with Crippen molar-refractivity contribution in [2.24, 2.45) is 0 Å². The smallest absolute Gasteiger partial charge is 0.325 e. The number of aromatic nitrogens is 5. The van der Waals surface area contributed by atoms with Crippen LogP contribution in [0.3, 0.4) is 0 Å². The third-order valence-electron chi connectivity index (χ3n) is 5.86. The van der Waals surface area contributed by atoms with Gasteiger partial charge in [0.1, 0.15) is 17.4 Å². The summed E-state index contributed by atoms with van der Waals surface area (Å²) in [4.78, 5) is 17.3. The molecule has 0 radical (unpaired) electrons. The van der Waals surface area contributed by atoms with E-state index < -0.39 is 0 Å². The number of hydrogen-bond acceptors (Lipinski definition) is 7. The third kappa shape index (κ3) is 4.93. The molecule has 0 atom stereocenters. The zero-order valence-corrected chi connectivity index (χ0v) is 19.4. The molecule has 0 bridgehead atoms. The Morgan fingerprint density at radius 2 is 1.88 bits per heavy atom. The Kier molecular flexibility index (Phi) is 5.87. The number of aryl methyl sites for hydroxylation is 2. The van der Waals surface area contributed by atoms with Crippen molar-refractivity contribution < 1.29 is 4.74 Å². The van der Waals surface area contributed by atoms with Crippen LogP contribution in [-0.2, 0) is 6.42 Å². The van der Waals surface area contributed by atoms with E-state index in [1.165, 1.54) is 0 Å². The monoisotopic (exact) mass is 446 g/mol. The topological polar surface area (TPSA) is 98.0 Å². The van der Waals surface area contributed by atoms with Gasteiger partial charge < -0.3 is 24.8 Å². The van der Waals surface area contributed by atoms with Gasteiger partial charge in [0.25, 0.3) is 0 Å². The molecule has 172 valence electrons. The molecule has 5 rings (SSSR count). The summed E-state index contributed by atoms with van der Waals surface area (Å²) in [6, 6.07) is 12.3. The van der Waals surface area contributed by atoms with Crippen molar-refractivity contribution in [3.63, 3.8) is 0 Å². The molecule has 3 N–H and O–H groups in total. The van der Waals surface area contributed by atoms with Crippen LogP contribution in [0, 0.1) is 6.92 Å². The fourth-order valence-corrected chi connectivity index (χ4v) is 4.10. The summed E-state index contributed by atoms with van der Waals surface area (Å²) >= 11 is 0. The van der Waals surface area contributed by atoms with Crippen molar-refractivity contribution >= 4 is 28.4 Å². The number of benzene rings is 1. The highest BCUT2D eigenvalue weighted by Crippen LogP contribution is 2.28. The zero-order valence-electron chi connectivity index (χ0n) is 19.4. The lowest BCUT2D eigenvalue weighted by Crippen LogP contribution is -2.44. The van der Waals surface area contributed by atoms with Crippen LogP contribution in [0.4, 0.5) is 17.5 Å². The van der Waals surface area contributed by atoms with E-state index >= 15 is 0 Å². The summed E-state index contributed by atoms with van der Waals surface area (Å²) < 4.78 is 6.13. The van der Waals surface area contributed by atoms with Gasteiger partial charge in [-0.3, -0.25) is 5.10 Å². The molecule has 0 spiro atoms. The number of hydrogen-bond donors (Lipinski definition) is 3. The number of likely N-dealkylation sites (N-methyl/N-ethyl adjacent to an activating group) is 1. The Bertz CT molecular complexity index is 1240. The van der Waals surface area contributed by atoms with E-state index in [1.54, 1.807) is 0 Å². The molecule has 9 nitrogen and oxygen atoms in total. The lowest BCUT2D eigenvalue weighted by atomic mass is 10.2. The Balaban J connectivity index is 1.44. The van der Waals surface area contributed by atoms with Crippen molar-refractivity contribution in [2.75, 3.05) is 43.4 Å². The van der Waals surface area contributed by atoms with E-state index in [0.717, 1.165) is 72.9 Å². The molecule has 1 aliphatic heterocycles. The molecule has 1 fully saturated rings. The molecule has 0 amide bonds. The standard InChI is InChI=1S/C24H30N8O/c1-4-5-18-14-22(30-29-18)26-21-15-23(32-10-8-31(3)9-11-32)28-24(27-21)33-19-6-7-20-17(13-19)12-16(2)25-20/h6-7,12-15,25H,4-5,8-11H2,1-3H3,(H2,26,27,28,29,30). The molecule has 4 heterocycles. The molecule has 3 aromatic heterocycles. The summed E-state index contributed by atoms with van der Waals surface area (Å²) in [5.41, 5.74) is 3.29. The average Bonchev–Trinajstić information content (AvgIpc) is 3.39. The lowest BCUT2D eigenvalue weighted by molar-refractivity contribution is 0.311. The van der Waals surface area contributed by atoms with Crippen molar-refractivity contribution in [3.05, 3.63) is 47.8 Å². The first-order chi connectivity index (χ1) is 16.1. The van der Waals surface area contributed by atoms with Crippen LogP contribution in [0.2, 0.25) is 0 Å². The SMILES string of the molecule is CCCc1cc(Nc2cc(N3CCN(C)CC3)nc(Oc3ccc4[nH]c(C)cc4c3)n2)n[nH]1. The summed E-state index contributed by atoms with van der Waals surface area (Å²) in [6.45, 7) is 7.99. The Morgan fingerprint density at radius 3 is 2.70 bits per heavy atom. The van der Waals surface area contributed by atoms with Gasteiger partial charge in [-0.1, -0.05) is 13.3 Å². The second-order valence-corrected chi connectivity index (χ2v) is 8.64. The number of H-pyrrole nitrogens is 2. The highest BCUT2D eigenvalue weighted by atomic mass is 16.5. The fraction of sp³-hybridized carbons (Fsp3) is 0.375. The number of fused-ring (bicyclic) bond motifs is 1. The molecule has 33 heavy (non-hydrogen) atoms. The van der Waals surface area contributed by atoms with Gasteiger partial charge in [0.2, 0.25) is 0 Å². The van der Waals surface area contributed by atoms with Crippen LogP contribution in [0.5, 0.6) is 11.8 Å². The number of aromatic amines is 2. The van der Waals surface area contributed by atoms with Crippen LogP contribution in [0.25, 0.3) is 10.9 Å².